The van der Waals surface area contributed by atoms with Crippen LogP contribution in [0.25, 0.3) is 17.5 Å². The number of likely N-dealkylation sites (tertiary alicyclic amines) is 1. The van der Waals surface area contributed by atoms with E-state index in [-0.39, 0.29) is 17.1 Å². The zero-order valence-electron chi connectivity index (χ0n) is 14.9. The lowest BCUT2D eigenvalue weighted by Gasteiger charge is -2.21. The van der Waals surface area contributed by atoms with Crippen molar-refractivity contribution in [2.24, 2.45) is 4.99 Å². The summed E-state index contributed by atoms with van der Waals surface area (Å²) in [5.41, 5.74) is 1.41. The standard InChI is InChI=1S/C18H20ClFN6O/c1-26-5-3-2-4-14(18(26)27)24-17-13(20)9-23-16(25-17)12-8-22-15-11(12)6-10(19)7-21-15/h6,8-10,14H,2-5,7H2,1H3,(H,21,22)(H,23,24,25)/t10?,14-/m0/s1. The Kier molecular flexibility index (Phi) is 4.82. The second-order valence-corrected chi connectivity index (χ2v) is 7.39. The summed E-state index contributed by atoms with van der Waals surface area (Å²) in [6, 6.07) is -0.497. The number of anilines is 1. The Morgan fingerprint density at radius 3 is 3.11 bits per heavy atom. The zero-order chi connectivity index (χ0) is 19.0. The largest absolute Gasteiger partial charge is 0.356 e. The quantitative estimate of drug-likeness (QED) is 0.767. The molecular weight excluding hydrogens is 371 g/mol. The van der Waals surface area contributed by atoms with Crippen molar-refractivity contribution in [3.63, 3.8) is 0 Å². The van der Waals surface area contributed by atoms with E-state index in [9.17, 15) is 9.18 Å². The third-order valence-corrected chi connectivity index (χ3v) is 5.14. The number of halogens is 2. The number of H-pyrrole nitrogens is 1. The molecule has 0 bridgehead atoms. The maximum Gasteiger partial charge on any atom is 0.244 e. The van der Waals surface area contributed by atoms with Gasteiger partial charge in [0, 0.05) is 30.6 Å². The van der Waals surface area contributed by atoms with Crippen LogP contribution in [-0.2, 0) is 4.79 Å². The first kappa shape index (κ1) is 17.9. The molecule has 0 radical (unpaired) electrons. The summed E-state index contributed by atoms with van der Waals surface area (Å²) in [5, 5.41) is 3.58. The van der Waals surface area contributed by atoms with Crippen LogP contribution in [0.15, 0.2) is 17.4 Å². The Morgan fingerprint density at radius 1 is 1.41 bits per heavy atom. The number of carbonyl (C=O) groups is 1. The molecule has 2 atom stereocenters. The first-order chi connectivity index (χ1) is 13.0. The van der Waals surface area contributed by atoms with Crippen LogP contribution in [0.4, 0.5) is 10.2 Å². The number of fused-ring (bicyclic) bond motifs is 1. The molecule has 0 saturated carbocycles. The number of aromatic amines is 1. The van der Waals surface area contributed by atoms with Gasteiger partial charge in [-0.3, -0.25) is 9.79 Å². The Hall–Kier alpha value is -2.48. The molecule has 1 fully saturated rings. The van der Waals surface area contributed by atoms with Gasteiger partial charge in [-0.25, -0.2) is 14.4 Å². The van der Waals surface area contributed by atoms with E-state index < -0.39 is 11.9 Å². The van der Waals surface area contributed by atoms with E-state index >= 15 is 0 Å². The van der Waals surface area contributed by atoms with Crippen molar-refractivity contribution in [2.75, 3.05) is 25.5 Å². The summed E-state index contributed by atoms with van der Waals surface area (Å²) in [4.78, 5) is 30.0. The molecule has 4 rings (SSSR count). The van der Waals surface area contributed by atoms with Gasteiger partial charge in [0.2, 0.25) is 5.91 Å². The maximum absolute atomic E-state index is 14.3. The molecule has 2 N–H and O–H groups in total. The number of nitrogens with one attached hydrogen (secondary N) is 2. The van der Waals surface area contributed by atoms with Gasteiger partial charge in [0.1, 0.15) is 11.5 Å². The SMILES string of the molecule is CN1CCCC[C@H](Nc2nc(-c3c[nH]c4c3=CC(Cl)CN=4)ncc2F)C1=O. The number of nitrogens with zero attached hydrogens (tertiary/aromatic N) is 4. The number of carbonyl (C=O) groups excluding carboxylic acids is 1. The average molecular weight is 391 g/mol. The molecular formula is C18H20ClFN6O. The molecule has 1 unspecified atom stereocenters. The van der Waals surface area contributed by atoms with Gasteiger partial charge in [-0.15, -0.1) is 11.6 Å². The second-order valence-electron chi connectivity index (χ2n) is 6.83. The minimum absolute atomic E-state index is 0.0266. The number of hydrogen-bond acceptors (Lipinski definition) is 5. The fraction of sp³-hybridized carbons (Fsp3) is 0.444. The van der Waals surface area contributed by atoms with Crippen LogP contribution in [0.1, 0.15) is 19.3 Å². The van der Waals surface area contributed by atoms with E-state index in [0.29, 0.717) is 36.4 Å². The van der Waals surface area contributed by atoms with Crippen LogP contribution in [0.2, 0.25) is 0 Å². The van der Waals surface area contributed by atoms with Crippen LogP contribution < -0.4 is 16.0 Å². The van der Waals surface area contributed by atoms with Crippen molar-refractivity contribution < 1.29 is 9.18 Å². The van der Waals surface area contributed by atoms with Crippen LogP contribution >= 0.6 is 11.6 Å². The summed E-state index contributed by atoms with van der Waals surface area (Å²) in [5.74, 6) is -0.267. The Morgan fingerprint density at radius 2 is 2.26 bits per heavy atom. The number of aromatic nitrogens is 3. The molecule has 4 heterocycles. The molecule has 0 aromatic carbocycles. The summed E-state index contributed by atoms with van der Waals surface area (Å²) < 4.78 is 14.3. The first-order valence-corrected chi connectivity index (χ1v) is 9.39. The molecule has 2 aliphatic rings. The van der Waals surface area contributed by atoms with Crippen molar-refractivity contribution in [3.8, 4) is 11.4 Å². The molecule has 2 aromatic heterocycles. The number of likely N-dealkylation sites (N-methyl/N-ethyl adjacent to an activating group) is 1. The molecule has 7 nitrogen and oxygen atoms in total. The Bertz CT molecular complexity index is 990. The topological polar surface area (TPSA) is 86.3 Å². The van der Waals surface area contributed by atoms with Crippen LogP contribution in [0, 0.1) is 5.82 Å². The fourth-order valence-corrected chi connectivity index (χ4v) is 3.61. The molecule has 0 spiro atoms. The van der Waals surface area contributed by atoms with Crippen molar-refractivity contribution in [1.29, 1.82) is 0 Å². The van der Waals surface area contributed by atoms with Gasteiger partial charge < -0.3 is 15.2 Å². The van der Waals surface area contributed by atoms with Crippen LogP contribution in [0.3, 0.4) is 0 Å². The minimum Gasteiger partial charge on any atom is -0.356 e. The highest BCUT2D eigenvalue weighted by atomic mass is 35.5. The molecule has 2 aromatic rings. The third kappa shape index (κ3) is 3.53. The van der Waals surface area contributed by atoms with Gasteiger partial charge in [0.15, 0.2) is 17.5 Å². The first-order valence-electron chi connectivity index (χ1n) is 8.95. The van der Waals surface area contributed by atoms with Gasteiger partial charge >= 0.3 is 0 Å². The number of amides is 1. The van der Waals surface area contributed by atoms with E-state index in [2.05, 4.69) is 25.3 Å². The average Bonchev–Trinajstić information content (AvgIpc) is 3.00. The lowest BCUT2D eigenvalue weighted by atomic mass is 10.1. The van der Waals surface area contributed by atoms with Gasteiger partial charge in [-0.05, 0) is 19.3 Å². The van der Waals surface area contributed by atoms with Gasteiger partial charge in [-0.1, -0.05) is 6.08 Å². The van der Waals surface area contributed by atoms with Crippen LogP contribution in [0.5, 0.6) is 0 Å². The van der Waals surface area contributed by atoms with E-state index in [4.69, 9.17) is 11.6 Å². The van der Waals surface area contributed by atoms with Crippen molar-refractivity contribution in [3.05, 3.63) is 28.9 Å². The molecule has 2 aliphatic heterocycles. The lowest BCUT2D eigenvalue weighted by molar-refractivity contribution is -0.130. The summed E-state index contributed by atoms with van der Waals surface area (Å²) in [7, 11) is 1.76. The monoisotopic (exact) mass is 390 g/mol. The Balaban J connectivity index is 1.68. The summed E-state index contributed by atoms with van der Waals surface area (Å²) >= 11 is 6.17. The van der Waals surface area contributed by atoms with Crippen molar-refractivity contribution in [2.45, 2.75) is 30.7 Å². The van der Waals surface area contributed by atoms with E-state index in [1.807, 2.05) is 6.08 Å². The number of alkyl halides is 1. The van der Waals surface area contributed by atoms with Gasteiger partial charge in [0.25, 0.3) is 0 Å². The molecule has 1 amide bonds. The number of rotatable bonds is 3. The molecule has 0 aliphatic carbocycles. The highest BCUT2D eigenvalue weighted by molar-refractivity contribution is 6.24. The normalized spacial score (nSPS) is 22.5. The summed E-state index contributed by atoms with van der Waals surface area (Å²) in [6.45, 7) is 1.21. The van der Waals surface area contributed by atoms with E-state index in [1.165, 1.54) is 0 Å². The fourth-order valence-electron chi connectivity index (χ4n) is 3.41. The Labute approximate surface area is 160 Å². The highest BCUT2D eigenvalue weighted by Crippen LogP contribution is 2.20. The highest BCUT2D eigenvalue weighted by Gasteiger charge is 2.26. The predicted molar refractivity (Wildman–Crippen MR) is 100 cm³/mol. The van der Waals surface area contributed by atoms with Crippen molar-refractivity contribution >= 4 is 29.4 Å². The number of hydrogen-bond donors (Lipinski definition) is 2. The van der Waals surface area contributed by atoms with E-state index in [1.54, 1.807) is 18.1 Å². The second kappa shape index (κ2) is 7.26. The maximum atomic E-state index is 14.3. The zero-order valence-corrected chi connectivity index (χ0v) is 15.6. The van der Waals surface area contributed by atoms with Gasteiger partial charge in [-0.2, -0.15) is 0 Å². The van der Waals surface area contributed by atoms with Crippen LogP contribution in [-0.4, -0.2) is 57.3 Å². The molecule has 1 saturated heterocycles. The minimum atomic E-state index is -0.591. The third-order valence-electron chi connectivity index (χ3n) is 4.88. The van der Waals surface area contributed by atoms with Crippen molar-refractivity contribution in [1.82, 2.24) is 19.9 Å². The molecule has 27 heavy (non-hydrogen) atoms. The molecule has 9 heteroatoms. The summed E-state index contributed by atoms with van der Waals surface area (Å²) in [6.07, 6.45) is 7.22. The van der Waals surface area contributed by atoms with E-state index in [0.717, 1.165) is 24.3 Å². The smallest absolute Gasteiger partial charge is 0.244 e. The predicted octanol–water partition coefficient (Wildman–Crippen LogP) is 1.05. The van der Waals surface area contributed by atoms with Gasteiger partial charge in [0.05, 0.1) is 18.1 Å². The molecule has 142 valence electrons. The lowest BCUT2D eigenvalue weighted by Crippen LogP contribution is -2.39.